The van der Waals surface area contributed by atoms with Crippen molar-refractivity contribution in [1.29, 1.82) is 0 Å². The molecule has 106 valence electrons. The van der Waals surface area contributed by atoms with Crippen molar-refractivity contribution in [2.24, 2.45) is 0 Å². The predicted octanol–water partition coefficient (Wildman–Crippen LogP) is 3.87. The quantitative estimate of drug-likeness (QED) is 0.791. The fraction of sp³-hybridized carbons (Fsp3) is 0.176. The molecule has 1 N–H and O–H groups in total. The van der Waals surface area contributed by atoms with E-state index in [1.807, 2.05) is 56.3 Å². The number of hydrogen-bond donors (Lipinski definition) is 1. The van der Waals surface area contributed by atoms with Gasteiger partial charge in [-0.15, -0.1) is 0 Å². The van der Waals surface area contributed by atoms with E-state index in [0.717, 1.165) is 10.8 Å². The maximum Gasteiger partial charge on any atom is 0.256 e. The molecule has 1 heterocycles. The van der Waals surface area contributed by atoms with Gasteiger partial charge in [-0.2, -0.15) is 5.10 Å². The van der Waals surface area contributed by atoms with Crippen molar-refractivity contribution in [2.75, 3.05) is 5.32 Å². The first-order valence-electron chi connectivity index (χ1n) is 6.99. The second kappa shape index (κ2) is 5.40. The van der Waals surface area contributed by atoms with Crippen molar-refractivity contribution in [2.45, 2.75) is 19.9 Å². The first-order chi connectivity index (χ1) is 10.1. The highest BCUT2D eigenvalue weighted by atomic mass is 16.1. The lowest BCUT2D eigenvalue weighted by Gasteiger charge is -2.12. The number of benzene rings is 2. The summed E-state index contributed by atoms with van der Waals surface area (Å²) in [5.41, 5.74) is 0.644. The number of amides is 1. The van der Waals surface area contributed by atoms with Crippen molar-refractivity contribution in [3.05, 3.63) is 60.3 Å². The van der Waals surface area contributed by atoms with Crippen molar-refractivity contribution in [3.8, 4) is 0 Å². The maximum absolute atomic E-state index is 12.4. The minimum absolute atomic E-state index is 0.122. The Morgan fingerprint density at radius 2 is 1.86 bits per heavy atom. The van der Waals surface area contributed by atoms with E-state index in [4.69, 9.17) is 0 Å². The molecule has 0 unspecified atom stereocenters. The van der Waals surface area contributed by atoms with Gasteiger partial charge in [0, 0.05) is 17.7 Å². The zero-order valence-corrected chi connectivity index (χ0v) is 12.1. The predicted molar refractivity (Wildman–Crippen MR) is 84.5 cm³/mol. The smallest absolute Gasteiger partial charge is 0.256 e. The van der Waals surface area contributed by atoms with Crippen LogP contribution in [0, 0.1) is 0 Å². The van der Waals surface area contributed by atoms with Crippen LogP contribution in [0.3, 0.4) is 0 Å². The van der Waals surface area contributed by atoms with Crippen LogP contribution in [0.4, 0.5) is 5.82 Å². The van der Waals surface area contributed by atoms with Gasteiger partial charge in [0.1, 0.15) is 5.82 Å². The summed E-state index contributed by atoms with van der Waals surface area (Å²) >= 11 is 0. The van der Waals surface area contributed by atoms with Crippen LogP contribution in [-0.4, -0.2) is 15.7 Å². The Morgan fingerprint density at radius 1 is 1.10 bits per heavy atom. The van der Waals surface area contributed by atoms with E-state index in [9.17, 15) is 4.79 Å². The normalized spacial score (nSPS) is 11.0. The lowest BCUT2D eigenvalue weighted by atomic mass is 10.1. The molecular formula is C17H17N3O. The number of aromatic nitrogens is 2. The summed E-state index contributed by atoms with van der Waals surface area (Å²) in [6, 6.07) is 15.7. The Balaban J connectivity index is 1.88. The molecule has 0 bridgehead atoms. The number of carbonyl (C=O) groups excluding carboxylic acids is 1. The van der Waals surface area contributed by atoms with E-state index in [2.05, 4.69) is 10.4 Å². The highest BCUT2D eigenvalue weighted by Crippen LogP contribution is 2.18. The highest BCUT2D eigenvalue weighted by Gasteiger charge is 2.11. The topological polar surface area (TPSA) is 46.9 Å². The van der Waals surface area contributed by atoms with Gasteiger partial charge in [0.15, 0.2) is 0 Å². The van der Waals surface area contributed by atoms with Crippen LogP contribution < -0.4 is 5.32 Å². The summed E-state index contributed by atoms with van der Waals surface area (Å²) in [5, 5.41) is 9.31. The van der Waals surface area contributed by atoms with E-state index in [-0.39, 0.29) is 11.9 Å². The summed E-state index contributed by atoms with van der Waals surface area (Å²) in [6.45, 7) is 4.05. The summed E-state index contributed by atoms with van der Waals surface area (Å²) < 4.78 is 1.79. The van der Waals surface area contributed by atoms with E-state index in [0.29, 0.717) is 11.4 Å². The van der Waals surface area contributed by atoms with Gasteiger partial charge in [0.25, 0.3) is 5.91 Å². The van der Waals surface area contributed by atoms with Crippen LogP contribution in [0.15, 0.2) is 54.7 Å². The third-order valence-electron chi connectivity index (χ3n) is 3.41. The fourth-order valence-corrected chi connectivity index (χ4v) is 2.34. The van der Waals surface area contributed by atoms with Crippen LogP contribution in [-0.2, 0) is 0 Å². The molecule has 2 aromatic carbocycles. The highest BCUT2D eigenvalue weighted by molar-refractivity contribution is 6.06. The second-order valence-corrected chi connectivity index (χ2v) is 5.27. The number of nitrogens with one attached hydrogen (secondary N) is 1. The summed E-state index contributed by atoms with van der Waals surface area (Å²) in [7, 11) is 0. The standard InChI is InChI=1S/C17H17N3O/c1-12(2)20-16(9-10-18-20)19-17(21)15-8-7-13-5-3-4-6-14(13)11-15/h3-12H,1-2H3,(H,19,21). The first-order valence-corrected chi connectivity index (χ1v) is 6.99. The molecule has 0 fully saturated rings. The summed E-state index contributed by atoms with van der Waals surface area (Å²) in [4.78, 5) is 12.4. The molecule has 1 aromatic heterocycles. The molecule has 0 radical (unpaired) electrons. The number of carbonyl (C=O) groups is 1. The van der Waals surface area contributed by atoms with Gasteiger partial charge in [0.2, 0.25) is 0 Å². The van der Waals surface area contributed by atoms with Gasteiger partial charge in [-0.25, -0.2) is 4.68 Å². The van der Waals surface area contributed by atoms with E-state index < -0.39 is 0 Å². The van der Waals surface area contributed by atoms with Gasteiger partial charge in [-0.05, 0) is 36.8 Å². The Kier molecular flexibility index (Phi) is 3.44. The largest absolute Gasteiger partial charge is 0.307 e. The average molecular weight is 279 g/mol. The van der Waals surface area contributed by atoms with Crippen LogP contribution in [0.5, 0.6) is 0 Å². The van der Waals surface area contributed by atoms with Crippen LogP contribution in [0.25, 0.3) is 10.8 Å². The van der Waals surface area contributed by atoms with Crippen LogP contribution >= 0.6 is 0 Å². The molecule has 4 heteroatoms. The molecular weight excluding hydrogens is 262 g/mol. The average Bonchev–Trinajstić information content (AvgIpc) is 2.95. The van der Waals surface area contributed by atoms with E-state index in [1.54, 1.807) is 16.9 Å². The van der Waals surface area contributed by atoms with Gasteiger partial charge in [-0.3, -0.25) is 4.79 Å². The van der Waals surface area contributed by atoms with Gasteiger partial charge >= 0.3 is 0 Å². The van der Waals surface area contributed by atoms with E-state index in [1.165, 1.54) is 0 Å². The molecule has 1 amide bonds. The summed E-state index contributed by atoms with van der Waals surface area (Å²) in [5.74, 6) is 0.589. The van der Waals surface area contributed by atoms with Crippen molar-refractivity contribution < 1.29 is 4.79 Å². The molecule has 0 spiro atoms. The second-order valence-electron chi connectivity index (χ2n) is 5.27. The first kappa shape index (κ1) is 13.4. The summed E-state index contributed by atoms with van der Waals surface area (Å²) in [6.07, 6.45) is 1.69. The molecule has 0 aliphatic carbocycles. The Bertz CT molecular complexity index is 789. The molecule has 0 aliphatic rings. The zero-order valence-electron chi connectivity index (χ0n) is 12.1. The SMILES string of the molecule is CC(C)n1nccc1NC(=O)c1ccc2ccccc2c1. The van der Waals surface area contributed by atoms with Crippen LogP contribution in [0.1, 0.15) is 30.2 Å². The minimum atomic E-state index is -0.122. The third kappa shape index (κ3) is 2.65. The molecule has 0 atom stereocenters. The minimum Gasteiger partial charge on any atom is -0.307 e. The molecule has 0 saturated carbocycles. The number of rotatable bonds is 3. The number of fused-ring (bicyclic) bond motifs is 1. The Labute approximate surface area is 123 Å². The van der Waals surface area contributed by atoms with E-state index >= 15 is 0 Å². The molecule has 0 saturated heterocycles. The molecule has 0 aliphatic heterocycles. The number of anilines is 1. The Hall–Kier alpha value is -2.62. The molecule has 3 rings (SSSR count). The molecule has 3 aromatic rings. The zero-order chi connectivity index (χ0) is 14.8. The monoisotopic (exact) mass is 279 g/mol. The fourth-order valence-electron chi connectivity index (χ4n) is 2.34. The molecule has 4 nitrogen and oxygen atoms in total. The maximum atomic E-state index is 12.4. The third-order valence-corrected chi connectivity index (χ3v) is 3.41. The van der Waals surface area contributed by atoms with Crippen molar-refractivity contribution in [3.63, 3.8) is 0 Å². The van der Waals surface area contributed by atoms with Crippen LogP contribution in [0.2, 0.25) is 0 Å². The van der Waals surface area contributed by atoms with Gasteiger partial charge in [-0.1, -0.05) is 30.3 Å². The molecule has 21 heavy (non-hydrogen) atoms. The number of nitrogens with zero attached hydrogens (tertiary/aromatic N) is 2. The number of hydrogen-bond acceptors (Lipinski definition) is 2. The Morgan fingerprint density at radius 3 is 2.62 bits per heavy atom. The lowest BCUT2D eigenvalue weighted by molar-refractivity contribution is 0.102. The lowest BCUT2D eigenvalue weighted by Crippen LogP contribution is -2.16. The van der Waals surface area contributed by atoms with Gasteiger partial charge in [0.05, 0.1) is 6.20 Å². The van der Waals surface area contributed by atoms with Crippen molar-refractivity contribution >= 4 is 22.5 Å². The van der Waals surface area contributed by atoms with Gasteiger partial charge < -0.3 is 5.32 Å². The van der Waals surface area contributed by atoms with Crippen molar-refractivity contribution in [1.82, 2.24) is 9.78 Å².